The highest BCUT2D eigenvalue weighted by Gasteiger charge is 2.11. The quantitative estimate of drug-likeness (QED) is 0.815. The molecule has 0 aliphatic heterocycles. The van der Waals surface area contributed by atoms with E-state index in [1.807, 2.05) is 6.92 Å². The summed E-state index contributed by atoms with van der Waals surface area (Å²) in [6.45, 7) is 5.45. The normalized spacial score (nSPS) is 13.7. The fourth-order valence-electron chi connectivity index (χ4n) is 0.963. The number of sulfonamides is 1. The molecule has 5 heteroatoms. The van der Waals surface area contributed by atoms with E-state index in [0.717, 1.165) is 0 Å². The molecule has 0 aromatic heterocycles. The van der Waals surface area contributed by atoms with E-state index in [1.165, 1.54) is 0 Å². The van der Waals surface area contributed by atoms with Gasteiger partial charge in [-0.3, -0.25) is 0 Å². The summed E-state index contributed by atoms with van der Waals surface area (Å²) >= 11 is 0. The largest absolute Gasteiger partial charge is 0.288 e. The first-order valence-electron chi connectivity index (χ1n) is 4.45. The Labute approximate surface area is 93.0 Å². The van der Waals surface area contributed by atoms with Gasteiger partial charge < -0.3 is 0 Å². The third-order valence-corrected chi connectivity index (χ3v) is 5.12. The van der Waals surface area contributed by atoms with Crippen LogP contribution in [0.15, 0.2) is 51.0 Å². The van der Waals surface area contributed by atoms with Crippen LogP contribution in [-0.2, 0) is 20.7 Å². The van der Waals surface area contributed by atoms with E-state index in [2.05, 4.69) is 10.3 Å². The zero-order valence-electron chi connectivity index (χ0n) is 8.46. The predicted molar refractivity (Wildman–Crippen MR) is 64.2 cm³/mol. The fourth-order valence-corrected chi connectivity index (χ4v) is 3.72. The Hall–Kier alpha value is -0.940. The molecule has 0 N–H and O–H groups in total. The molecule has 1 aromatic carbocycles. The van der Waals surface area contributed by atoms with Crippen molar-refractivity contribution in [3.05, 3.63) is 42.3 Å². The van der Waals surface area contributed by atoms with E-state index in [1.54, 1.807) is 35.7 Å². The van der Waals surface area contributed by atoms with Crippen LogP contribution >= 0.6 is 0 Å². The van der Waals surface area contributed by atoms with Gasteiger partial charge in [-0.05, 0) is 17.5 Å². The summed E-state index contributed by atoms with van der Waals surface area (Å²) in [4.78, 5) is 0.234. The predicted octanol–water partition coefficient (Wildman–Crippen LogP) is 2.34. The number of nitrogens with zero attached hydrogens (tertiary/aromatic N) is 1. The minimum atomic E-state index is -3.52. The van der Waals surface area contributed by atoms with Crippen LogP contribution in [0.3, 0.4) is 0 Å². The van der Waals surface area contributed by atoms with Gasteiger partial charge in [0.25, 0.3) is 10.0 Å². The summed E-state index contributed by atoms with van der Waals surface area (Å²) in [6, 6.07) is 8.21. The van der Waals surface area contributed by atoms with Crippen molar-refractivity contribution in [2.75, 3.05) is 5.75 Å². The van der Waals surface area contributed by atoms with Crippen molar-refractivity contribution >= 4 is 20.7 Å². The third-order valence-electron chi connectivity index (χ3n) is 1.72. The fraction of sp³-hybridized carbons (Fsp3) is 0.200. The van der Waals surface area contributed by atoms with E-state index in [-0.39, 0.29) is 4.90 Å². The van der Waals surface area contributed by atoms with Crippen molar-refractivity contribution in [2.45, 2.75) is 11.8 Å². The summed E-state index contributed by atoms with van der Waals surface area (Å²) in [5.74, 6) is 0.662. The number of benzene rings is 1. The first-order valence-corrected chi connectivity index (χ1v) is 7.31. The van der Waals surface area contributed by atoms with E-state index >= 15 is 0 Å². The maximum absolute atomic E-state index is 11.8. The highest BCUT2D eigenvalue weighted by atomic mass is 32.3. The second kappa shape index (κ2) is 5.23. The minimum Gasteiger partial charge on any atom is -0.199 e. The van der Waals surface area contributed by atoms with Gasteiger partial charge in [0.05, 0.1) is 4.90 Å². The first-order chi connectivity index (χ1) is 7.10. The second-order valence-corrected chi connectivity index (χ2v) is 6.45. The molecule has 0 radical (unpaired) electrons. The molecule has 1 atom stereocenters. The summed E-state index contributed by atoms with van der Waals surface area (Å²) in [7, 11) is -4.13. The maximum atomic E-state index is 11.8. The van der Waals surface area contributed by atoms with Crippen LogP contribution in [0.5, 0.6) is 0 Å². The van der Waals surface area contributed by atoms with E-state index in [9.17, 15) is 8.42 Å². The maximum Gasteiger partial charge on any atom is 0.288 e. The van der Waals surface area contributed by atoms with Gasteiger partial charge in [-0.25, -0.2) is 0 Å². The topological polar surface area (TPSA) is 46.5 Å². The smallest absolute Gasteiger partial charge is 0.199 e. The zero-order valence-corrected chi connectivity index (χ0v) is 10.1. The molecule has 1 aromatic rings. The zero-order chi connectivity index (χ0) is 11.3. The molecule has 0 saturated carbocycles. The Kier molecular flexibility index (Phi) is 4.23. The number of rotatable bonds is 4. The van der Waals surface area contributed by atoms with Crippen LogP contribution < -0.4 is 0 Å². The van der Waals surface area contributed by atoms with Gasteiger partial charge in [-0.1, -0.05) is 42.4 Å². The summed E-state index contributed by atoms with van der Waals surface area (Å²) in [5, 5.41) is 1.57. The van der Waals surface area contributed by atoms with Crippen LogP contribution in [0.1, 0.15) is 6.92 Å². The van der Waals surface area contributed by atoms with Crippen LogP contribution in [0, 0.1) is 0 Å². The monoisotopic (exact) mass is 243 g/mol. The van der Waals surface area contributed by atoms with E-state index in [0.29, 0.717) is 5.75 Å². The van der Waals surface area contributed by atoms with Gasteiger partial charge >= 0.3 is 0 Å². The lowest BCUT2D eigenvalue weighted by molar-refractivity contribution is 0.598. The molecule has 0 saturated heterocycles. The summed E-state index contributed by atoms with van der Waals surface area (Å²) < 4.78 is 27.3. The van der Waals surface area contributed by atoms with Gasteiger partial charge in [-0.15, -0.1) is 3.77 Å². The number of hydrogen-bond donors (Lipinski definition) is 0. The lowest BCUT2D eigenvalue weighted by Gasteiger charge is -2.00. The van der Waals surface area contributed by atoms with Crippen molar-refractivity contribution in [3.8, 4) is 0 Å². The molecule has 0 aliphatic rings. The van der Waals surface area contributed by atoms with Crippen molar-refractivity contribution in [1.82, 2.24) is 0 Å². The van der Waals surface area contributed by atoms with Crippen molar-refractivity contribution < 1.29 is 8.42 Å². The Balaban J connectivity index is 3.15. The molecule has 0 fully saturated rings. The average Bonchev–Trinajstić information content (AvgIpc) is 2.27. The molecule has 1 rings (SSSR count). The van der Waals surface area contributed by atoms with Crippen LogP contribution in [0.2, 0.25) is 0 Å². The van der Waals surface area contributed by atoms with Gasteiger partial charge in [0.15, 0.2) is 0 Å². The van der Waals surface area contributed by atoms with Gasteiger partial charge in [-0.2, -0.15) is 8.42 Å². The second-order valence-electron chi connectivity index (χ2n) is 2.72. The third kappa shape index (κ3) is 3.28. The molecular weight excluding hydrogens is 230 g/mol. The molecule has 3 nitrogen and oxygen atoms in total. The Morgan fingerprint density at radius 1 is 1.40 bits per heavy atom. The molecular formula is C10H13NO2S2. The van der Waals surface area contributed by atoms with E-state index in [4.69, 9.17) is 0 Å². The van der Waals surface area contributed by atoms with Gasteiger partial charge in [0.1, 0.15) is 0 Å². The van der Waals surface area contributed by atoms with Crippen LogP contribution in [-0.4, -0.2) is 14.2 Å². The highest BCUT2D eigenvalue weighted by molar-refractivity contribution is 8.01. The molecule has 0 amide bonds. The highest BCUT2D eigenvalue weighted by Crippen LogP contribution is 2.12. The minimum absolute atomic E-state index is 0.234. The van der Waals surface area contributed by atoms with Crippen LogP contribution in [0.25, 0.3) is 0 Å². The lowest BCUT2D eigenvalue weighted by atomic mass is 10.4. The van der Waals surface area contributed by atoms with Gasteiger partial charge in [0, 0.05) is 5.75 Å². The summed E-state index contributed by atoms with van der Waals surface area (Å²) in [6.07, 6.45) is 0. The van der Waals surface area contributed by atoms with Crippen molar-refractivity contribution in [2.24, 2.45) is 3.77 Å². The van der Waals surface area contributed by atoms with Gasteiger partial charge in [0.2, 0.25) is 0 Å². The Morgan fingerprint density at radius 2 is 2.00 bits per heavy atom. The summed E-state index contributed by atoms with van der Waals surface area (Å²) in [5.41, 5.74) is 0. The SMILES string of the molecule is C=CS(CC)=NS(=O)(=O)c1ccccc1. The van der Waals surface area contributed by atoms with Crippen molar-refractivity contribution in [1.29, 1.82) is 0 Å². The molecule has 1 unspecified atom stereocenters. The molecule has 0 heterocycles. The molecule has 0 aliphatic carbocycles. The molecule has 82 valence electrons. The average molecular weight is 243 g/mol. The number of hydrogen-bond acceptors (Lipinski definition) is 2. The standard InChI is InChI=1S/C10H13NO2S2/c1-3-14(4-2)11-15(12,13)10-8-6-5-7-9-10/h3,5-9H,1,4H2,2H3. The van der Waals surface area contributed by atoms with E-state index < -0.39 is 20.7 Å². The first kappa shape index (κ1) is 12.1. The Morgan fingerprint density at radius 3 is 2.47 bits per heavy atom. The molecule has 0 spiro atoms. The molecule has 15 heavy (non-hydrogen) atoms. The van der Waals surface area contributed by atoms with Crippen LogP contribution in [0.4, 0.5) is 0 Å². The Bertz CT molecular complexity index is 463. The lowest BCUT2D eigenvalue weighted by Crippen LogP contribution is -1.99. The molecule has 0 bridgehead atoms. The van der Waals surface area contributed by atoms with Crippen molar-refractivity contribution in [3.63, 3.8) is 0 Å².